The lowest BCUT2D eigenvalue weighted by Crippen LogP contribution is -2.41. The first-order valence-electron chi connectivity index (χ1n) is 8.01. The van der Waals surface area contributed by atoms with Gasteiger partial charge in [0.25, 0.3) is 0 Å². The fraction of sp³-hybridized carbons (Fsp3) is 0.588. The summed E-state index contributed by atoms with van der Waals surface area (Å²) in [6.07, 6.45) is 1.67. The highest BCUT2D eigenvalue weighted by molar-refractivity contribution is 5.80. The van der Waals surface area contributed by atoms with Crippen molar-refractivity contribution in [1.82, 2.24) is 4.90 Å². The van der Waals surface area contributed by atoms with Crippen LogP contribution in [0.4, 0.5) is 0 Å². The fourth-order valence-electron chi connectivity index (χ4n) is 3.74. The number of hydrogen-bond acceptors (Lipinski definition) is 5. The highest BCUT2D eigenvalue weighted by Crippen LogP contribution is 2.40. The van der Waals surface area contributed by atoms with E-state index in [0.29, 0.717) is 18.0 Å². The molecule has 2 aliphatic rings. The molecule has 6 heteroatoms. The van der Waals surface area contributed by atoms with Crippen LogP contribution in [-0.4, -0.2) is 42.7 Å². The second kappa shape index (κ2) is 6.37. The quantitative estimate of drug-likeness (QED) is 0.874. The number of fused-ring (bicyclic) bond motifs is 1. The molecule has 1 aliphatic heterocycles. The first-order valence-corrected chi connectivity index (χ1v) is 8.01. The molecule has 1 aromatic rings. The van der Waals surface area contributed by atoms with Gasteiger partial charge in [0.15, 0.2) is 0 Å². The zero-order valence-corrected chi connectivity index (χ0v) is 13.6. The third-order valence-corrected chi connectivity index (χ3v) is 4.92. The molecule has 3 unspecified atom stereocenters. The Morgan fingerprint density at radius 3 is 2.57 bits per heavy atom. The summed E-state index contributed by atoms with van der Waals surface area (Å²) in [6.45, 7) is 0.707. The molecule has 3 atom stereocenters. The van der Waals surface area contributed by atoms with E-state index in [0.717, 1.165) is 30.4 Å². The summed E-state index contributed by atoms with van der Waals surface area (Å²) in [5, 5.41) is 10.6. The van der Waals surface area contributed by atoms with E-state index in [1.165, 1.54) is 0 Å². The van der Waals surface area contributed by atoms with Crippen LogP contribution in [0.5, 0.6) is 11.5 Å². The third-order valence-electron chi connectivity index (χ3n) is 4.92. The zero-order valence-electron chi connectivity index (χ0n) is 13.6. The average molecular weight is 320 g/mol. The number of hydrogen-bond donors (Lipinski definition) is 2. The lowest BCUT2D eigenvalue weighted by Gasteiger charge is -2.35. The second-order valence-corrected chi connectivity index (χ2v) is 6.37. The number of ether oxygens (including phenoxy) is 2. The standard InChI is InChI=1S/C17H24N2O4/c1-22-14-5-6-15(23-2)16-12(14)8-19(9-13(16)20)17(21)10-3-4-11(18)7-10/h5-6,10-11,13,20H,3-4,7-9,18H2,1-2H3. The molecule has 1 fully saturated rings. The minimum absolute atomic E-state index is 0.0321. The molecule has 3 N–H and O–H groups in total. The number of methoxy groups -OCH3 is 2. The fourth-order valence-corrected chi connectivity index (χ4v) is 3.74. The van der Waals surface area contributed by atoms with Gasteiger partial charge in [0.05, 0.1) is 20.8 Å². The Labute approximate surface area is 136 Å². The molecule has 0 bridgehead atoms. The van der Waals surface area contributed by atoms with E-state index in [-0.39, 0.29) is 24.4 Å². The van der Waals surface area contributed by atoms with E-state index in [1.54, 1.807) is 25.2 Å². The zero-order chi connectivity index (χ0) is 16.6. The van der Waals surface area contributed by atoms with Gasteiger partial charge in [-0.1, -0.05) is 0 Å². The predicted octanol–water partition coefficient (Wildman–Crippen LogP) is 1.21. The molecule has 0 saturated heterocycles. The molecule has 0 radical (unpaired) electrons. The maximum absolute atomic E-state index is 12.7. The molecule has 0 spiro atoms. The number of rotatable bonds is 3. The van der Waals surface area contributed by atoms with Gasteiger partial charge in [-0.15, -0.1) is 0 Å². The Hall–Kier alpha value is -1.79. The molecule has 3 rings (SSSR count). The van der Waals surface area contributed by atoms with Gasteiger partial charge < -0.3 is 25.2 Å². The van der Waals surface area contributed by atoms with Crippen molar-refractivity contribution in [2.45, 2.75) is 38.0 Å². The van der Waals surface area contributed by atoms with Gasteiger partial charge in [0.1, 0.15) is 17.6 Å². The number of nitrogens with zero attached hydrogens (tertiary/aromatic N) is 1. The molecule has 126 valence electrons. The highest BCUT2D eigenvalue weighted by Gasteiger charge is 2.36. The average Bonchev–Trinajstić information content (AvgIpc) is 2.99. The van der Waals surface area contributed by atoms with Crippen molar-refractivity contribution >= 4 is 5.91 Å². The van der Waals surface area contributed by atoms with Gasteiger partial charge in [-0.3, -0.25) is 4.79 Å². The van der Waals surface area contributed by atoms with Crippen LogP contribution < -0.4 is 15.2 Å². The van der Waals surface area contributed by atoms with Crippen molar-refractivity contribution < 1.29 is 19.4 Å². The summed E-state index contributed by atoms with van der Waals surface area (Å²) < 4.78 is 10.8. The maximum Gasteiger partial charge on any atom is 0.226 e. The number of aliphatic hydroxyl groups excluding tert-OH is 1. The lowest BCUT2D eigenvalue weighted by molar-refractivity contribution is -0.138. The number of carbonyl (C=O) groups is 1. The van der Waals surface area contributed by atoms with E-state index < -0.39 is 6.10 Å². The monoisotopic (exact) mass is 320 g/mol. The number of carbonyl (C=O) groups excluding carboxylic acids is 1. The Bertz CT molecular complexity index is 605. The normalized spacial score (nSPS) is 26.8. The molecule has 23 heavy (non-hydrogen) atoms. The Balaban J connectivity index is 1.89. The van der Waals surface area contributed by atoms with Crippen LogP contribution in [-0.2, 0) is 11.3 Å². The number of β-amino-alcohol motifs (C(OH)–C–C–N with tert-alkyl or cyclic N) is 1. The van der Waals surface area contributed by atoms with Crippen LogP contribution >= 0.6 is 0 Å². The molecular weight excluding hydrogens is 296 g/mol. The summed E-state index contributed by atoms with van der Waals surface area (Å²) in [7, 11) is 3.16. The van der Waals surface area contributed by atoms with E-state index in [1.807, 2.05) is 6.07 Å². The minimum atomic E-state index is -0.775. The Morgan fingerprint density at radius 2 is 1.96 bits per heavy atom. The van der Waals surface area contributed by atoms with Gasteiger partial charge >= 0.3 is 0 Å². The second-order valence-electron chi connectivity index (χ2n) is 6.37. The molecule has 0 aromatic heterocycles. The summed E-state index contributed by atoms with van der Waals surface area (Å²) >= 11 is 0. The molecule has 1 amide bonds. The van der Waals surface area contributed by atoms with Crippen molar-refractivity contribution in [3.63, 3.8) is 0 Å². The molecule has 6 nitrogen and oxygen atoms in total. The van der Waals surface area contributed by atoms with Gasteiger partial charge in [-0.2, -0.15) is 0 Å². The SMILES string of the molecule is COc1ccc(OC)c2c1CN(C(=O)C1CCC(N)C1)CC2O. The predicted molar refractivity (Wildman–Crippen MR) is 85.2 cm³/mol. The largest absolute Gasteiger partial charge is 0.496 e. The molecule has 1 heterocycles. The Kier molecular flexibility index (Phi) is 4.46. The van der Waals surface area contributed by atoms with Crippen LogP contribution in [0.3, 0.4) is 0 Å². The van der Waals surface area contributed by atoms with Crippen molar-refractivity contribution in [3.05, 3.63) is 23.3 Å². The minimum Gasteiger partial charge on any atom is -0.496 e. The van der Waals surface area contributed by atoms with E-state index in [4.69, 9.17) is 15.2 Å². The van der Waals surface area contributed by atoms with E-state index >= 15 is 0 Å². The number of benzene rings is 1. The maximum atomic E-state index is 12.7. The highest BCUT2D eigenvalue weighted by atomic mass is 16.5. The van der Waals surface area contributed by atoms with Crippen molar-refractivity contribution in [2.75, 3.05) is 20.8 Å². The van der Waals surface area contributed by atoms with Crippen LogP contribution in [0.1, 0.15) is 36.5 Å². The van der Waals surface area contributed by atoms with E-state index in [9.17, 15) is 9.90 Å². The number of aliphatic hydroxyl groups is 1. The smallest absolute Gasteiger partial charge is 0.226 e. The number of amides is 1. The lowest BCUT2D eigenvalue weighted by atomic mass is 9.94. The van der Waals surface area contributed by atoms with Crippen LogP contribution in [0.25, 0.3) is 0 Å². The first kappa shape index (κ1) is 16.1. The van der Waals surface area contributed by atoms with Crippen LogP contribution in [0.2, 0.25) is 0 Å². The van der Waals surface area contributed by atoms with Gasteiger partial charge in [0, 0.05) is 29.6 Å². The first-order chi connectivity index (χ1) is 11.0. The van der Waals surface area contributed by atoms with Crippen LogP contribution in [0, 0.1) is 5.92 Å². The van der Waals surface area contributed by atoms with E-state index in [2.05, 4.69) is 0 Å². The van der Waals surface area contributed by atoms with Gasteiger partial charge in [0.2, 0.25) is 5.91 Å². The number of nitrogens with two attached hydrogens (primary N) is 1. The van der Waals surface area contributed by atoms with Crippen LogP contribution in [0.15, 0.2) is 12.1 Å². The summed E-state index contributed by atoms with van der Waals surface area (Å²) in [4.78, 5) is 14.5. The molecule has 1 saturated carbocycles. The van der Waals surface area contributed by atoms with Crippen molar-refractivity contribution in [1.29, 1.82) is 0 Å². The summed E-state index contributed by atoms with van der Waals surface area (Å²) in [5.74, 6) is 1.34. The third kappa shape index (κ3) is 2.88. The molecule has 1 aliphatic carbocycles. The van der Waals surface area contributed by atoms with Crippen molar-refractivity contribution in [3.8, 4) is 11.5 Å². The Morgan fingerprint density at radius 1 is 1.26 bits per heavy atom. The van der Waals surface area contributed by atoms with Gasteiger partial charge in [-0.05, 0) is 31.4 Å². The molecular formula is C17H24N2O4. The topological polar surface area (TPSA) is 85.0 Å². The van der Waals surface area contributed by atoms with Gasteiger partial charge in [-0.25, -0.2) is 0 Å². The summed E-state index contributed by atoms with van der Waals surface area (Å²) in [5.41, 5.74) is 7.47. The summed E-state index contributed by atoms with van der Waals surface area (Å²) in [6, 6.07) is 3.71. The molecule has 1 aromatic carbocycles. The van der Waals surface area contributed by atoms with Crippen molar-refractivity contribution in [2.24, 2.45) is 11.7 Å².